The summed E-state index contributed by atoms with van der Waals surface area (Å²) in [7, 11) is 0. The normalized spacial score (nSPS) is 20.1. The molecule has 0 saturated heterocycles. The van der Waals surface area contributed by atoms with E-state index in [0.717, 1.165) is 30.6 Å². The van der Waals surface area contributed by atoms with Gasteiger partial charge in [0.05, 0.1) is 0 Å². The van der Waals surface area contributed by atoms with Crippen LogP contribution in [0.1, 0.15) is 37.7 Å². The molecular formula is C16H19NO. The zero-order valence-corrected chi connectivity index (χ0v) is 10.9. The van der Waals surface area contributed by atoms with E-state index in [4.69, 9.17) is 0 Å². The summed E-state index contributed by atoms with van der Waals surface area (Å²) in [5.74, 6) is 0.251. The van der Waals surface area contributed by atoms with Crippen molar-refractivity contribution in [2.75, 3.05) is 11.4 Å². The molecule has 1 aliphatic heterocycles. The molecule has 1 aromatic rings. The van der Waals surface area contributed by atoms with Gasteiger partial charge in [0.2, 0.25) is 0 Å². The third kappa shape index (κ3) is 1.86. The van der Waals surface area contributed by atoms with Crippen molar-refractivity contribution in [1.29, 1.82) is 0 Å². The molecule has 0 fully saturated rings. The number of anilines is 1. The highest BCUT2D eigenvalue weighted by Crippen LogP contribution is 2.34. The van der Waals surface area contributed by atoms with Gasteiger partial charge in [0.1, 0.15) is 0 Å². The summed E-state index contributed by atoms with van der Waals surface area (Å²) in [4.78, 5) is 14.5. The second-order valence-electron chi connectivity index (χ2n) is 5.32. The number of amides is 1. The first-order chi connectivity index (χ1) is 8.77. The number of carbonyl (C=O) groups is 1. The van der Waals surface area contributed by atoms with E-state index in [1.165, 1.54) is 30.4 Å². The van der Waals surface area contributed by atoms with Crippen LogP contribution in [0.25, 0.3) is 0 Å². The Morgan fingerprint density at radius 2 is 1.83 bits per heavy atom. The number of hydrogen-bond acceptors (Lipinski definition) is 1. The highest BCUT2D eigenvalue weighted by atomic mass is 16.2. The summed E-state index contributed by atoms with van der Waals surface area (Å²) in [5, 5.41) is 0. The zero-order valence-electron chi connectivity index (χ0n) is 10.9. The molecule has 0 unspecified atom stereocenters. The Morgan fingerprint density at radius 1 is 1.06 bits per heavy atom. The predicted molar refractivity (Wildman–Crippen MR) is 73.6 cm³/mol. The molecule has 1 aliphatic carbocycles. The van der Waals surface area contributed by atoms with Gasteiger partial charge in [-0.15, -0.1) is 0 Å². The quantitative estimate of drug-likeness (QED) is 0.735. The van der Waals surface area contributed by atoms with Gasteiger partial charge >= 0.3 is 0 Å². The molecule has 0 atom stereocenters. The SMILES string of the molecule is Cc1ccccc1N1CC2=C(CCCCC2)C1=O. The van der Waals surface area contributed by atoms with E-state index < -0.39 is 0 Å². The Morgan fingerprint density at radius 3 is 2.67 bits per heavy atom. The fourth-order valence-corrected chi connectivity index (χ4v) is 3.06. The number of carbonyl (C=O) groups excluding carboxylic acids is 1. The van der Waals surface area contributed by atoms with Crippen LogP contribution in [0.2, 0.25) is 0 Å². The van der Waals surface area contributed by atoms with Crippen LogP contribution in [0.4, 0.5) is 5.69 Å². The van der Waals surface area contributed by atoms with Crippen LogP contribution in [-0.4, -0.2) is 12.5 Å². The summed E-state index contributed by atoms with van der Waals surface area (Å²) >= 11 is 0. The minimum absolute atomic E-state index is 0.251. The maximum absolute atomic E-state index is 12.5. The molecule has 1 amide bonds. The molecule has 0 radical (unpaired) electrons. The average Bonchev–Trinajstić information content (AvgIpc) is 2.56. The number of hydrogen-bond donors (Lipinski definition) is 0. The van der Waals surface area contributed by atoms with E-state index in [1.807, 2.05) is 17.0 Å². The summed E-state index contributed by atoms with van der Waals surface area (Å²) in [6.07, 6.45) is 5.78. The fourth-order valence-electron chi connectivity index (χ4n) is 3.06. The van der Waals surface area contributed by atoms with Crippen LogP contribution >= 0.6 is 0 Å². The average molecular weight is 241 g/mol. The van der Waals surface area contributed by atoms with Crippen molar-refractivity contribution < 1.29 is 4.79 Å². The summed E-state index contributed by atoms with van der Waals surface area (Å²) in [5.41, 5.74) is 4.76. The second-order valence-corrected chi connectivity index (χ2v) is 5.32. The van der Waals surface area contributed by atoms with Crippen LogP contribution in [0.3, 0.4) is 0 Å². The van der Waals surface area contributed by atoms with Crippen molar-refractivity contribution in [3.8, 4) is 0 Å². The van der Waals surface area contributed by atoms with Crippen LogP contribution in [-0.2, 0) is 4.79 Å². The van der Waals surface area contributed by atoms with E-state index in [9.17, 15) is 4.79 Å². The number of benzene rings is 1. The van der Waals surface area contributed by atoms with Crippen molar-refractivity contribution >= 4 is 11.6 Å². The van der Waals surface area contributed by atoms with Crippen molar-refractivity contribution in [3.63, 3.8) is 0 Å². The molecule has 3 rings (SSSR count). The molecular weight excluding hydrogens is 222 g/mol. The van der Waals surface area contributed by atoms with Gasteiger partial charge < -0.3 is 4.90 Å². The smallest absolute Gasteiger partial charge is 0.254 e. The maximum Gasteiger partial charge on any atom is 0.254 e. The standard InChI is InChI=1S/C16H19NO/c1-12-7-5-6-10-15(12)17-11-13-8-3-2-4-9-14(13)16(17)18/h5-7,10H,2-4,8-9,11H2,1H3. The molecule has 2 aliphatic rings. The van der Waals surface area contributed by atoms with E-state index >= 15 is 0 Å². The Balaban J connectivity index is 1.91. The molecule has 2 heteroatoms. The van der Waals surface area contributed by atoms with Crippen molar-refractivity contribution in [2.45, 2.75) is 39.0 Å². The first kappa shape index (κ1) is 11.5. The number of rotatable bonds is 1. The van der Waals surface area contributed by atoms with Gasteiger partial charge in [-0.1, -0.05) is 24.6 Å². The topological polar surface area (TPSA) is 20.3 Å². The molecule has 0 spiro atoms. The lowest BCUT2D eigenvalue weighted by molar-refractivity contribution is -0.114. The van der Waals surface area contributed by atoms with Crippen LogP contribution in [0.5, 0.6) is 0 Å². The van der Waals surface area contributed by atoms with Crippen LogP contribution in [0, 0.1) is 6.92 Å². The summed E-state index contributed by atoms with van der Waals surface area (Å²) < 4.78 is 0. The summed E-state index contributed by atoms with van der Waals surface area (Å²) in [6.45, 7) is 2.89. The fraction of sp³-hybridized carbons (Fsp3) is 0.438. The van der Waals surface area contributed by atoms with Gasteiger partial charge in [0, 0.05) is 17.8 Å². The van der Waals surface area contributed by atoms with E-state index in [1.54, 1.807) is 0 Å². The number of nitrogens with zero attached hydrogens (tertiary/aromatic N) is 1. The Labute approximate surface area is 108 Å². The minimum atomic E-state index is 0.251. The molecule has 0 aromatic heterocycles. The lowest BCUT2D eigenvalue weighted by Gasteiger charge is -2.20. The Hall–Kier alpha value is -1.57. The van der Waals surface area contributed by atoms with Gasteiger partial charge in [0.15, 0.2) is 0 Å². The second kappa shape index (κ2) is 4.60. The van der Waals surface area contributed by atoms with Gasteiger partial charge in [0.25, 0.3) is 5.91 Å². The Bertz CT molecular complexity index is 516. The first-order valence-electron chi connectivity index (χ1n) is 6.86. The monoisotopic (exact) mass is 241 g/mol. The van der Waals surface area contributed by atoms with Gasteiger partial charge in [-0.05, 0) is 49.8 Å². The highest BCUT2D eigenvalue weighted by Gasteiger charge is 2.31. The summed E-state index contributed by atoms with van der Waals surface area (Å²) in [6, 6.07) is 8.17. The van der Waals surface area contributed by atoms with E-state index in [-0.39, 0.29) is 5.91 Å². The molecule has 0 saturated carbocycles. The highest BCUT2D eigenvalue weighted by molar-refractivity contribution is 6.09. The molecule has 2 nitrogen and oxygen atoms in total. The first-order valence-corrected chi connectivity index (χ1v) is 6.86. The third-order valence-electron chi connectivity index (χ3n) is 4.09. The zero-order chi connectivity index (χ0) is 12.5. The van der Waals surface area contributed by atoms with Crippen molar-refractivity contribution in [3.05, 3.63) is 41.0 Å². The third-order valence-corrected chi connectivity index (χ3v) is 4.09. The molecule has 0 N–H and O–H groups in total. The van der Waals surface area contributed by atoms with Crippen LogP contribution in [0.15, 0.2) is 35.4 Å². The lowest BCUT2D eigenvalue weighted by Crippen LogP contribution is -2.27. The minimum Gasteiger partial charge on any atom is -0.304 e. The van der Waals surface area contributed by atoms with Crippen LogP contribution < -0.4 is 4.90 Å². The van der Waals surface area contributed by atoms with Gasteiger partial charge in [-0.3, -0.25) is 4.79 Å². The van der Waals surface area contributed by atoms with E-state index in [0.29, 0.717) is 0 Å². The van der Waals surface area contributed by atoms with Crippen molar-refractivity contribution in [2.24, 2.45) is 0 Å². The Kier molecular flexibility index (Phi) is 2.94. The molecule has 1 heterocycles. The molecule has 94 valence electrons. The van der Waals surface area contributed by atoms with Gasteiger partial charge in [-0.25, -0.2) is 0 Å². The van der Waals surface area contributed by atoms with Crippen molar-refractivity contribution in [1.82, 2.24) is 0 Å². The number of aryl methyl sites for hydroxylation is 1. The molecule has 1 aromatic carbocycles. The largest absolute Gasteiger partial charge is 0.304 e. The van der Waals surface area contributed by atoms with E-state index in [2.05, 4.69) is 19.1 Å². The van der Waals surface area contributed by atoms with Gasteiger partial charge in [-0.2, -0.15) is 0 Å². The molecule has 18 heavy (non-hydrogen) atoms. The predicted octanol–water partition coefficient (Wildman–Crippen LogP) is 3.60. The molecule has 0 bridgehead atoms. The maximum atomic E-state index is 12.5. The number of para-hydroxylation sites is 1. The lowest BCUT2D eigenvalue weighted by atomic mass is 10.1.